The van der Waals surface area contributed by atoms with E-state index in [0.717, 1.165) is 10.5 Å². The maximum atomic E-state index is 14.0. The van der Waals surface area contributed by atoms with Crippen molar-refractivity contribution >= 4 is 35.2 Å². The molecule has 0 saturated carbocycles. The molecule has 2 aromatic carbocycles. The summed E-state index contributed by atoms with van der Waals surface area (Å²) in [5, 5.41) is 4.93. The monoisotopic (exact) mass is 637 g/mol. The third kappa shape index (κ3) is 9.02. The number of amides is 3. The highest BCUT2D eigenvalue weighted by atomic mass is 19.2. The minimum absolute atomic E-state index is 0.0358. The van der Waals surface area contributed by atoms with E-state index < -0.39 is 89.1 Å². The Balaban J connectivity index is 1.65. The average molecular weight is 638 g/mol. The van der Waals surface area contributed by atoms with E-state index in [1.165, 1.54) is 0 Å². The molecule has 1 saturated heterocycles. The summed E-state index contributed by atoms with van der Waals surface area (Å²) in [6, 6.07) is 5.35. The third-order valence-electron chi connectivity index (χ3n) is 6.64. The molecule has 1 fully saturated rings. The summed E-state index contributed by atoms with van der Waals surface area (Å²) in [4.78, 5) is 64.8. The molecule has 0 bridgehead atoms. The molecular formula is C31H35F4N3O7. The number of rotatable bonds is 9. The van der Waals surface area contributed by atoms with Gasteiger partial charge in [0.25, 0.3) is 0 Å². The molecule has 0 radical (unpaired) electrons. The number of halogens is 4. The van der Waals surface area contributed by atoms with Gasteiger partial charge in [-0.15, -0.1) is 0 Å². The van der Waals surface area contributed by atoms with E-state index >= 15 is 0 Å². The lowest BCUT2D eigenvalue weighted by Crippen LogP contribution is -2.59. The number of benzene rings is 2. The fourth-order valence-corrected chi connectivity index (χ4v) is 4.38. The van der Waals surface area contributed by atoms with Crippen molar-refractivity contribution in [3.8, 4) is 5.75 Å². The summed E-state index contributed by atoms with van der Waals surface area (Å²) in [5.41, 5.74) is -0.00493. The Bertz CT molecular complexity index is 1470. The highest BCUT2D eigenvalue weighted by Gasteiger charge is 2.40. The van der Waals surface area contributed by atoms with Crippen molar-refractivity contribution in [1.82, 2.24) is 10.2 Å². The van der Waals surface area contributed by atoms with Crippen LogP contribution in [-0.2, 0) is 34.1 Å². The van der Waals surface area contributed by atoms with E-state index in [2.05, 4.69) is 10.6 Å². The predicted octanol–water partition coefficient (Wildman–Crippen LogP) is 3.80. The number of Topliss-reactive ketones (excluding diaryl/α,β-unsaturated/α-hetero) is 1. The Hall–Kier alpha value is -4.49. The van der Waals surface area contributed by atoms with Gasteiger partial charge in [-0.3, -0.25) is 24.0 Å². The zero-order valence-corrected chi connectivity index (χ0v) is 25.7. The number of ether oxygens (including phenoxy) is 2. The Morgan fingerprint density at radius 3 is 2.07 bits per heavy atom. The number of anilines is 1. The number of esters is 1. The van der Waals surface area contributed by atoms with Crippen molar-refractivity contribution in [3.63, 3.8) is 0 Å². The second kappa shape index (κ2) is 13.7. The lowest BCUT2D eigenvalue weighted by molar-refractivity contribution is -0.156. The van der Waals surface area contributed by atoms with Gasteiger partial charge in [0.05, 0.1) is 12.3 Å². The first-order valence-electron chi connectivity index (χ1n) is 14.0. The van der Waals surface area contributed by atoms with Crippen LogP contribution in [-0.4, -0.2) is 65.7 Å². The van der Waals surface area contributed by atoms with Gasteiger partial charge in [0.15, 0.2) is 23.2 Å². The lowest BCUT2D eigenvalue weighted by Gasteiger charge is -2.38. The number of carbonyl (C=O) groups excluding carboxylic acids is 5. The van der Waals surface area contributed by atoms with Crippen LogP contribution in [0.4, 0.5) is 23.2 Å². The number of nitrogens with zero attached hydrogens (tertiary/aromatic N) is 1. The highest BCUT2D eigenvalue weighted by molar-refractivity contribution is 6.39. The van der Waals surface area contributed by atoms with Gasteiger partial charge < -0.3 is 25.0 Å². The number of carbonyl (C=O) groups is 5. The molecule has 1 aliphatic heterocycles. The van der Waals surface area contributed by atoms with E-state index in [1.54, 1.807) is 32.9 Å². The molecule has 0 aliphatic carbocycles. The van der Waals surface area contributed by atoms with Crippen LogP contribution in [0, 0.1) is 29.2 Å². The topological polar surface area (TPSA) is 131 Å². The molecule has 0 unspecified atom stereocenters. The van der Waals surface area contributed by atoms with Crippen LogP contribution < -0.4 is 15.4 Å². The molecule has 1 heterocycles. The maximum absolute atomic E-state index is 14.0. The molecule has 3 rings (SSSR count). The van der Waals surface area contributed by atoms with Gasteiger partial charge in [-0.05, 0) is 37.8 Å². The normalized spacial score (nSPS) is 14.2. The number of hydrogen-bond acceptors (Lipinski definition) is 7. The van der Waals surface area contributed by atoms with E-state index in [0.29, 0.717) is 5.69 Å². The second-order valence-electron chi connectivity index (χ2n) is 12.6. The summed E-state index contributed by atoms with van der Waals surface area (Å²) >= 11 is 0. The van der Waals surface area contributed by atoms with Crippen molar-refractivity contribution in [3.05, 3.63) is 59.2 Å². The van der Waals surface area contributed by atoms with Gasteiger partial charge in [-0.2, -0.15) is 8.78 Å². The first-order valence-corrected chi connectivity index (χ1v) is 14.0. The van der Waals surface area contributed by atoms with Crippen LogP contribution in [0.25, 0.3) is 0 Å². The van der Waals surface area contributed by atoms with E-state index in [9.17, 15) is 41.5 Å². The molecular weight excluding hydrogens is 602 g/mol. The smallest absolute Gasteiger partial charge is 0.313 e. The molecule has 1 aliphatic rings. The molecule has 1 atom stereocenters. The molecule has 2 N–H and O–H groups in total. The zero-order chi connectivity index (χ0) is 33.9. The molecule has 14 heteroatoms. The van der Waals surface area contributed by atoms with Crippen LogP contribution in [0.3, 0.4) is 0 Å². The van der Waals surface area contributed by atoms with Crippen molar-refractivity contribution < 1.29 is 51.0 Å². The zero-order valence-electron chi connectivity index (χ0n) is 25.7. The van der Waals surface area contributed by atoms with Crippen LogP contribution >= 0.6 is 0 Å². The minimum atomic E-state index is -1.88. The van der Waals surface area contributed by atoms with E-state index in [-0.39, 0.29) is 24.6 Å². The molecule has 45 heavy (non-hydrogen) atoms. The van der Waals surface area contributed by atoms with Crippen molar-refractivity contribution in [2.45, 2.75) is 65.0 Å². The number of para-hydroxylation sites is 1. The predicted molar refractivity (Wildman–Crippen MR) is 153 cm³/mol. The van der Waals surface area contributed by atoms with Gasteiger partial charge in [0.2, 0.25) is 17.5 Å². The van der Waals surface area contributed by atoms with Crippen LogP contribution in [0.1, 0.15) is 53.5 Å². The minimum Gasteiger partial charge on any atom is -0.479 e. The Kier molecular flexibility index (Phi) is 10.6. The molecule has 244 valence electrons. The second-order valence-corrected chi connectivity index (χ2v) is 12.6. The van der Waals surface area contributed by atoms with E-state index in [1.807, 2.05) is 32.9 Å². The first kappa shape index (κ1) is 35.0. The number of likely N-dealkylation sites (tertiary alicyclic amines) is 1. The number of hydrogen-bond donors (Lipinski definition) is 2. The Morgan fingerprint density at radius 2 is 1.51 bits per heavy atom. The summed E-state index contributed by atoms with van der Waals surface area (Å²) < 4.78 is 64.9. The van der Waals surface area contributed by atoms with Crippen LogP contribution in [0.5, 0.6) is 5.75 Å². The molecule has 3 amide bonds. The van der Waals surface area contributed by atoms with Crippen LogP contribution in [0.2, 0.25) is 0 Å². The summed E-state index contributed by atoms with van der Waals surface area (Å²) in [6.07, 6.45) is -0.710. The van der Waals surface area contributed by atoms with Gasteiger partial charge in [-0.1, -0.05) is 39.0 Å². The summed E-state index contributed by atoms with van der Waals surface area (Å²) in [6.45, 7) is 9.00. The molecule has 0 spiro atoms. The standard InChI is InChI=1S/C31H35F4N3O7/c1-30(2,3)17-9-7-8-10-20(17)36-28(42)29(43)38-13-16(14-38)27(41)37-21(12-23(40)45-31(4,5)6)22(39)15-44-26-24(34)18(32)11-19(33)25(26)35/h7-11,16,21H,12-15H2,1-6H3,(H,36,42)(H,37,41)/t21-/m0/s1. The number of nitrogens with one attached hydrogen (secondary N) is 2. The van der Waals surface area contributed by atoms with Crippen molar-refractivity contribution in [2.75, 3.05) is 25.0 Å². The molecule has 10 nitrogen and oxygen atoms in total. The Morgan fingerprint density at radius 1 is 0.933 bits per heavy atom. The maximum Gasteiger partial charge on any atom is 0.313 e. The Labute approximate surface area is 257 Å². The molecule has 2 aromatic rings. The van der Waals surface area contributed by atoms with Gasteiger partial charge >= 0.3 is 17.8 Å². The fraction of sp³-hybridized carbons (Fsp3) is 0.452. The summed E-state index contributed by atoms with van der Waals surface area (Å²) in [5.74, 6) is -14.2. The quantitative estimate of drug-likeness (QED) is 0.185. The summed E-state index contributed by atoms with van der Waals surface area (Å²) in [7, 11) is 0. The average Bonchev–Trinajstić information content (AvgIpc) is 2.89. The van der Waals surface area contributed by atoms with Gasteiger partial charge in [0.1, 0.15) is 18.2 Å². The van der Waals surface area contributed by atoms with Crippen molar-refractivity contribution in [2.24, 2.45) is 5.92 Å². The fourth-order valence-electron chi connectivity index (χ4n) is 4.38. The van der Waals surface area contributed by atoms with Gasteiger partial charge in [0, 0.05) is 24.8 Å². The van der Waals surface area contributed by atoms with Crippen molar-refractivity contribution in [1.29, 1.82) is 0 Å². The van der Waals surface area contributed by atoms with E-state index in [4.69, 9.17) is 9.47 Å². The highest BCUT2D eigenvalue weighted by Crippen LogP contribution is 2.30. The SMILES string of the molecule is CC(C)(C)OC(=O)C[C@H](NC(=O)C1CN(C(=O)C(=O)Nc2ccccc2C(C)(C)C)C1)C(=O)COc1c(F)c(F)cc(F)c1F. The molecule has 0 aromatic heterocycles. The number of ketones is 1. The third-order valence-corrected chi connectivity index (χ3v) is 6.64. The lowest BCUT2D eigenvalue weighted by atomic mass is 9.86. The van der Waals surface area contributed by atoms with Crippen LogP contribution in [0.15, 0.2) is 30.3 Å². The largest absolute Gasteiger partial charge is 0.479 e. The van der Waals surface area contributed by atoms with Gasteiger partial charge in [-0.25, -0.2) is 8.78 Å². The first-order chi connectivity index (χ1) is 20.8.